The molecule has 0 bridgehead atoms. The van der Waals surface area contributed by atoms with Crippen LogP contribution < -0.4 is 14.8 Å². The zero-order chi connectivity index (χ0) is 15.2. The summed E-state index contributed by atoms with van der Waals surface area (Å²) in [7, 11) is 1.55. The Morgan fingerprint density at radius 1 is 1.14 bits per heavy atom. The molecule has 0 spiro atoms. The minimum absolute atomic E-state index is 0.140. The summed E-state index contributed by atoms with van der Waals surface area (Å²) in [5.74, 6) is 0.747. The lowest BCUT2D eigenvalue weighted by molar-refractivity contribution is -0.0498. The zero-order valence-corrected chi connectivity index (χ0v) is 12.0. The maximum absolute atomic E-state index is 12.0. The summed E-state index contributed by atoms with van der Waals surface area (Å²) in [6, 6.07) is 11.8. The number of anilines is 1. The lowest BCUT2D eigenvalue weighted by Gasteiger charge is -2.10. The van der Waals surface area contributed by atoms with Crippen molar-refractivity contribution in [2.45, 2.75) is 13.2 Å². The number of alkyl halides is 2. The molecule has 21 heavy (non-hydrogen) atoms. The van der Waals surface area contributed by atoms with Crippen LogP contribution >= 0.6 is 11.6 Å². The molecule has 0 atom stereocenters. The van der Waals surface area contributed by atoms with Gasteiger partial charge >= 0.3 is 6.61 Å². The zero-order valence-electron chi connectivity index (χ0n) is 11.3. The van der Waals surface area contributed by atoms with Crippen LogP contribution in [0.4, 0.5) is 14.5 Å². The lowest BCUT2D eigenvalue weighted by atomic mass is 10.2. The first-order chi connectivity index (χ1) is 10.1. The molecule has 0 saturated carbocycles. The highest BCUT2D eigenvalue weighted by Crippen LogP contribution is 2.27. The quantitative estimate of drug-likeness (QED) is 0.848. The Labute approximate surface area is 126 Å². The van der Waals surface area contributed by atoms with Crippen molar-refractivity contribution >= 4 is 17.3 Å². The monoisotopic (exact) mass is 313 g/mol. The summed E-state index contributed by atoms with van der Waals surface area (Å²) in [4.78, 5) is 0. The molecule has 0 heterocycles. The topological polar surface area (TPSA) is 30.5 Å². The Bertz CT molecular complexity index is 591. The first-order valence-corrected chi connectivity index (χ1v) is 6.57. The highest BCUT2D eigenvalue weighted by Gasteiger charge is 2.04. The molecule has 112 valence electrons. The van der Waals surface area contributed by atoms with Crippen molar-refractivity contribution in [1.82, 2.24) is 0 Å². The molecule has 6 heteroatoms. The van der Waals surface area contributed by atoms with Gasteiger partial charge in [-0.05, 0) is 35.9 Å². The SMILES string of the molecule is COc1ccc(NCc2ccc(OC(F)F)cc2)cc1Cl. The predicted molar refractivity (Wildman–Crippen MR) is 78.4 cm³/mol. The second-order valence-corrected chi connectivity index (χ2v) is 4.63. The van der Waals surface area contributed by atoms with E-state index in [0.29, 0.717) is 17.3 Å². The van der Waals surface area contributed by atoms with E-state index in [-0.39, 0.29) is 5.75 Å². The van der Waals surface area contributed by atoms with Crippen LogP contribution in [0, 0.1) is 0 Å². The van der Waals surface area contributed by atoms with E-state index in [1.165, 1.54) is 12.1 Å². The standard InChI is InChI=1S/C15H14ClF2NO2/c1-20-14-7-4-11(8-13(14)16)19-9-10-2-5-12(6-3-10)21-15(17)18/h2-8,15,19H,9H2,1H3. The number of nitrogens with one attached hydrogen (secondary N) is 1. The van der Waals surface area contributed by atoms with E-state index in [9.17, 15) is 8.78 Å². The van der Waals surface area contributed by atoms with Crippen LogP contribution in [0.1, 0.15) is 5.56 Å². The van der Waals surface area contributed by atoms with Gasteiger partial charge < -0.3 is 14.8 Å². The van der Waals surface area contributed by atoms with Gasteiger partial charge in [0.25, 0.3) is 0 Å². The average molecular weight is 314 g/mol. The van der Waals surface area contributed by atoms with Crippen LogP contribution in [-0.4, -0.2) is 13.7 Å². The van der Waals surface area contributed by atoms with Gasteiger partial charge in [0, 0.05) is 12.2 Å². The Morgan fingerprint density at radius 2 is 1.86 bits per heavy atom. The molecule has 1 N–H and O–H groups in total. The Morgan fingerprint density at radius 3 is 2.43 bits per heavy atom. The van der Waals surface area contributed by atoms with Crippen molar-refractivity contribution < 1.29 is 18.3 Å². The summed E-state index contributed by atoms with van der Waals surface area (Å²) < 4.78 is 33.4. The third-order valence-corrected chi connectivity index (χ3v) is 3.09. The number of benzene rings is 2. The van der Waals surface area contributed by atoms with Gasteiger partial charge in [-0.2, -0.15) is 8.78 Å². The fraction of sp³-hybridized carbons (Fsp3) is 0.200. The third kappa shape index (κ3) is 4.49. The minimum Gasteiger partial charge on any atom is -0.495 e. The number of methoxy groups -OCH3 is 1. The highest BCUT2D eigenvalue weighted by molar-refractivity contribution is 6.32. The van der Waals surface area contributed by atoms with Crippen molar-refractivity contribution in [3.8, 4) is 11.5 Å². The van der Waals surface area contributed by atoms with E-state index < -0.39 is 6.61 Å². The predicted octanol–water partition coefficient (Wildman–Crippen LogP) is 4.56. The second-order valence-electron chi connectivity index (χ2n) is 4.23. The molecule has 0 aliphatic heterocycles. The van der Waals surface area contributed by atoms with E-state index in [1.54, 1.807) is 31.4 Å². The summed E-state index contributed by atoms with van der Waals surface area (Å²) >= 11 is 6.03. The van der Waals surface area contributed by atoms with Gasteiger partial charge in [0.2, 0.25) is 0 Å². The normalized spacial score (nSPS) is 10.5. The number of hydrogen-bond acceptors (Lipinski definition) is 3. The van der Waals surface area contributed by atoms with Gasteiger partial charge in [-0.15, -0.1) is 0 Å². The van der Waals surface area contributed by atoms with Gasteiger partial charge in [0.15, 0.2) is 0 Å². The van der Waals surface area contributed by atoms with Crippen molar-refractivity contribution in [1.29, 1.82) is 0 Å². The van der Waals surface area contributed by atoms with Crippen molar-refractivity contribution in [3.63, 3.8) is 0 Å². The molecular formula is C15H14ClF2NO2. The molecule has 0 unspecified atom stereocenters. The smallest absolute Gasteiger partial charge is 0.387 e. The van der Waals surface area contributed by atoms with Gasteiger partial charge in [-0.3, -0.25) is 0 Å². The molecule has 0 amide bonds. The summed E-state index contributed by atoms with van der Waals surface area (Å²) in [6.07, 6.45) is 0. The van der Waals surface area contributed by atoms with Crippen molar-refractivity contribution in [3.05, 3.63) is 53.1 Å². The maximum atomic E-state index is 12.0. The van der Waals surface area contributed by atoms with Gasteiger partial charge in [0.1, 0.15) is 11.5 Å². The Hall–Kier alpha value is -2.01. The van der Waals surface area contributed by atoms with Crippen LogP contribution in [0.3, 0.4) is 0 Å². The van der Waals surface area contributed by atoms with E-state index in [2.05, 4.69) is 10.1 Å². The molecule has 0 aliphatic rings. The number of halogens is 3. The molecule has 0 radical (unpaired) electrons. The summed E-state index contributed by atoms with van der Waals surface area (Å²) in [5, 5.41) is 3.70. The highest BCUT2D eigenvalue weighted by atomic mass is 35.5. The Balaban J connectivity index is 1.95. The summed E-state index contributed by atoms with van der Waals surface area (Å²) in [5.41, 5.74) is 1.78. The number of hydrogen-bond donors (Lipinski definition) is 1. The van der Waals surface area contributed by atoms with Gasteiger partial charge in [-0.1, -0.05) is 23.7 Å². The molecule has 3 nitrogen and oxygen atoms in total. The molecule has 0 aromatic heterocycles. The lowest BCUT2D eigenvalue weighted by Crippen LogP contribution is -2.03. The van der Waals surface area contributed by atoms with E-state index >= 15 is 0 Å². The average Bonchev–Trinajstić information content (AvgIpc) is 2.46. The maximum Gasteiger partial charge on any atom is 0.387 e. The second kappa shape index (κ2) is 7.13. The van der Waals surface area contributed by atoms with E-state index in [1.807, 2.05) is 6.07 Å². The first kappa shape index (κ1) is 15.4. The van der Waals surface area contributed by atoms with Crippen molar-refractivity contribution in [2.24, 2.45) is 0 Å². The van der Waals surface area contributed by atoms with E-state index in [0.717, 1.165) is 11.3 Å². The molecule has 0 saturated heterocycles. The molecule has 0 fully saturated rings. The molecule has 2 aromatic carbocycles. The van der Waals surface area contributed by atoms with Crippen LogP contribution in [0.25, 0.3) is 0 Å². The fourth-order valence-corrected chi connectivity index (χ4v) is 2.03. The summed E-state index contributed by atoms with van der Waals surface area (Å²) in [6.45, 7) is -2.27. The van der Waals surface area contributed by atoms with Gasteiger partial charge in [0.05, 0.1) is 12.1 Å². The number of ether oxygens (including phenoxy) is 2. The largest absolute Gasteiger partial charge is 0.495 e. The third-order valence-electron chi connectivity index (χ3n) is 2.80. The molecular weight excluding hydrogens is 300 g/mol. The van der Waals surface area contributed by atoms with E-state index in [4.69, 9.17) is 16.3 Å². The Kier molecular flexibility index (Phi) is 5.22. The van der Waals surface area contributed by atoms with Crippen LogP contribution in [-0.2, 0) is 6.54 Å². The van der Waals surface area contributed by atoms with Crippen LogP contribution in [0.15, 0.2) is 42.5 Å². The van der Waals surface area contributed by atoms with Crippen LogP contribution in [0.5, 0.6) is 11.5 Å². The fourth-order valence-electron chi connectivity index (χ4n) is 1.77. The van der Waals surface area contributed by atoms with Crippen molar-refractivity contribution in [2.75, 3.05) is 12.4 Å². The number of rotatable bonds is 6. The minimum atomic E-state index is -2.81. The molecule has 2 aromatic rings. The van der Waals surface area contributed by atoms with Gasteiger partial charge in [-0.25, -0.2) is 0 Å². The molecule has 2 rings (SSSR count). The molecule has 0 aliphatic carbocycles. The first-order valence-electron chi connectivity index (χ1n) is 6.19. The van der Waals surface area contributed by atoms with Crippen LogP contribution in [0.2, 0.25) is 5.02 Å².